The van der Waals surface area contributed by atoms with Gasteiger partial charge in [-0.3, -0.25) is 4.79 Å². The molecule has 1 amide bonds. The molecule has 0 N–H and O–H groups in total. The van der Waals surface area contributed by atoms with Crippen LogP contribution in [0.3, 0.4) is 0 Å². The van der Waals surface area contributed by atoms with Gasteiger partial charge < -0.3 is 14.4 Å². The predicted molar refractivity (Wildman–Crippen MR) is 106 cm³/mol. The van der Waals surface area contributed by atoms with E-state index in [0.29, 0.717) is 24.5 Å². The Bertz CT molecular complexity index is 981. The number of ether oxygens (including phenoxy) is 2. The van der Waals surface area contributed by atoms with E-state index in [9.17, 15) is 4.79 Å². The van der Waals surface area contributed by atoms with Crippen LogP contribution in [-0.2, 0) is 0 Å². The zero-order valence-corrected chi connectivity index (χ0v) is 16.5. The standard InChI is InChI=1S/C21H23N5O3/c1-15-18(14-23-26(15)16-6-4-3-5-7-16)20(27)25-12-9-17(10-13-25)29-19-8-11-22-21(24-19)28-2/h3-8,11,14,17H,9-10,12-13H2,1-2H3. The number of hydrogen-bond donors (Lipinski definition) is 0. The van der Waals surface area contributed by atoms with Crippen molar-refractivity contribution in [3.63, 3.8) is 0 Å². The Kier molecular flexibility index (Phi) is 5.41. The van der Waals surface area contributed by atoms with Gasteiger partial charge in [-0.25, -0.2) is 9.67 Å². The summed E-state index contributed by atoms with van der Waals surface area (Å²) in [6, 6.07) is 11.8. The third-order valence-corrected chi connectivity index (χ3v) is 5.05. The van der Waals surface area contributed by atoms with Crippen LogP contribution < -0.4 is 9.47 Å². The predicted octanol–water partition coefficient (Wildman–Crippen LogP) is 2.66. The fourth-order valence-electron chi connectivity index (χ4n) is 3.46. The average molecular weight is 393 g/mol. The average Bonchev–Trinajstić information content (AvgIpc) is 3.16. The van der Waals surface area contributed by atoms with E-state index in [0.717, 1.165) is 24.2 Å². The number of aromatic nitrogens is 4. The first-order chi connectivity index (χ1) is 14.2. The smallest absolute Gasteiger partial charge is 0.319 e. The molecule has 0 spiro atoms. The molecule has 1 aliphatic rings. The van der Waals surface area contributed by atoms with Gasteiger partial charge in [0.15, 0.2) is 0 Å². The summed E-state index contributed by atoms with van der Waals surface area (Å²) in [5.41, 5.74) is 2.41. The lowest BCUT2D eigenvalue weighted by atomic mass is 10.1. The summed E-state index contributed by atoms with van der Waals surface area (Å²) in [5, 5.41) is 4.41. The Labute approximate surface area is 169 Å². The number of nitrogens with zero attached hydrogens (tertiary/aromatic N) is 5. The van der Waals surface area contributed by atoms with Crippen LogP contribution in [-0.4, -0.2) is 56.9 Å². The van der Waals surface area contributed by atoms with Gasteiger partial charge in [0.25, 0.3) is 5.91 Å². The second kappa shape index (κ2) is 8.30. The van der Waals surface area contributed by atoms with Crippen molar-refractivity contribution in [1.82, 2.24) is 24.6 Å². The first-order valence-electron chi connectivity index (χ1n) is 9.58. The SMILES string of the molecule is COc1nccc(OC2CCN(C(=O)c3cnn(-c4ccccc4)c3C)CC2)n1. The lowest BCUT2D eigenvalue weighted by Crippen LogP contribution is -2.42. The van der Waals surface area contributed by atoms with Gasteiger partial charge in [-0.2, -0.15) is 10.1 Å². The summed E-state index contributed by atoms with van der Waals surface area (Å²) in [6.45, 7) is 3.18. The molecule has 1 fully saturated rings. The molecule has 1 saturated heterocycles. The van der Waals surface area contributed by atoms with Gasteiger partial charge in [-0.05, 0) is 19.1 Å². The van der Waals surface area contributed by atoms with E-state index in [1.54, 1.807) is 23.1 Å². The number of para-hydroxylation sites is 1. The van der Waals surface area contributed by atoms with Crippen LogP contribution in [0.5, 0.6) is 11.9 Å². The van der Waals surface area contributed by atoms with Crippen molar-refractivity contribution in [2.24, 2.45) is 0 Å². The highest BCUT2D eigenvalue weighted by Gasteiger charge is 2.27. The monoisotopic (exact) mass is 393 g/mol. The molecule has 3 aromatic rings. The van der Waals surface area contributed by atoms with Crippen LogP contribution in [0.1, 0.15) is 28.9 Å². The zero-order chi connectivity index (χ0) is 20.2. The van der Waals surface area contributed by atoms with Crippen molar-refractivity contribution in [1.29, 1.82) is 0 Å². The topological polar surface area (TPSA) is 82.4 Å². The molecule has 150 valence electrons. The summed E-state index contributed by atoms with van der Waals surface area (Å²) in [5.74, 6) is 0.494. The highest BCUT2D eigenvalue weighted by molar-refractivity contribution is 5.95. The lowest BCUT2D eigenvalue weighted by Gasteiger charge is -2.31. The third-order valence-electron chi connectivity index (χ3n) is 5.05. The molecule has 0 aliphatic carbocycles. The first-order valence-corrected chi connectivity index (χ1v) is 9.58. The Balaban J connectivity index is 1.39. The fourth-order valence-corrected chi connectivity index (χ4v) is 3.46. The van der Waals surface area contributed by atoms with Crippen LogP contribution >= 0.6 is 0 Å². The summed E-state index contributed by atoms with van der Waals surface area (Å²) in [6.07, 6.45) is 4.74. The summed E-state index contributed by atoms with van der Waals surface area (Å²) >= 11 is 0. The van der Waals surface area contributed by atoms with Gasteiger partial charge in [0.2, 0.25) is 5.88 Å². The molecule has 0 radical (unpaired) electrons. The highest BCUT2D eigenvalue weighted by Crippen LogP contribution is 2.21. The van der Waals surface area contributed by atoms with Gasteiger partial charge >= 0.3 is 6.01 Å². The molecule has 2 aromatic heterocycles. The Morgan fingerprint density at radius 3 is 2.62 bits per heavy atom. The van der Waals surface area contributed by atoms with E-state index in [2.05, 4.69) is 15.1 Å². The number of methoxy groups -OCH3 is 1. The molecule has 0 saturated carbocycles. The van der Waals surface area contributed by atoms with E-state index in [-0.39, 0.29) is 18.0 Å². The molecule has 0 unspecified atom stereocenters. The fraction of sp³-hybridized carbons (Fsp3) is 0.333. The number of piperidine rings is 1. The molecule has 0 bridgehead atoms. The van der Waals surface area contributed by atoms with Gasteiger partial charge in [0, 0.05) is 38.2 Å². The van der Waals surface area contributed by atoms with E-state index in [1.807, 2.05) is 42.2 Å². The number of hydrogen-bond acceptors (Lipinski definition) is 6. The molecule has 4 rings (SSSR count). The largest absolute Gasteiger partial charge is 0.474 e. The van der Waals surface area contributed by atoms with Crippen molar-refractivity contribution in [3.8, 4) is 17.6 Å². The molecular weight excluding hydrogens is 370 g/mol. The summed E-state index contributed by atoms with van der Waals surface area (Å²) < 4.78 is 12.8. The first kappa shape index (κ1) is 18.9. The van der Waals surface area contributed by atoms with Gasteiger partial charge in [-0.15, -0.1) is 0 Å². The quantitative estimate of drug-likeness (QED) is 0.663. The second-order valence-electron chi connectivity index (χ2n) is 6.88. The van der Waals surface area contributed by atoms with Crippen LogP contribution in [0.2, 0.25) is 0 Å². The zero-order valence-electron chi connectivity index (χ0n) is 16.5. The van der Waals surface area contributed by atoms with E-state index < -0.39 is 0 Å². The van der Waals surface area contributed by atoms with E-state index in [1.165, 1.54) is 7.11 Å². The molecule has 8 nitrogen and oxygen atoms in total. The van der Waals surface area contributed by atoms with E-state index >= 15 is 0 Å². The number of carbonyl (C=O) groups excluding carboxylic acids is 1. The lowest BCUT2D eigenvalue weighted by molar-refractivity contribution is 0.0586. The second-order valence-corrected chi connectivity index (χ2v) is 6.88. The number of benzene rings is 1. The maximum Gasteiger partial charge on any atom is 0.319 e. The molecule has 29 heavy (non-hydrogen) atoms. The summed E-state index contributed by atoms with van der Waals surface area (Å²) in [7, 11) is 1.52. The van der Waals surface area contributed by atoms with Gasteiger partial charge in [-0.1, -0.05) is 18.2 Å². The maximum absolute atomic E-state index is 13.0. The van der Waals surface area contributed by atoms with Crippen LogP contribution in [0.4, 0.5) is 0 Å². The van der Waals surface area contributed by atoms with Crippen LogP contribution in [0.25, 0.3) is 5.69 Å². The van der Waals surface area contributed by atoms with Crippen LogP contribution in [0.15, 0.2) is 48.8 Å². The van der Waals surface area contributed by atoms with E-state index in [4.69, 9.17) is 9.47 Å². The Morgan fingerprint density at radius 2 is 1.90 bits per heavy atom. The third kappa shape index (κ3) is 4.06. The number of rotatable bonds is 5. The molecule has 1 aliphatic heterocycles. The summed E-state index contributed by atoms with van der Waals surface area (Å²) in [4.78, 5) is 23.0. The van der Waals surface area contributed by atoms with Crippen molar-refractivity contribution < 1.29 is 14.3 Å². The molecule has 3 heterocycles. The van der Waals surface area contributed by atoms with Crippen molar-refractivity contribution in [2.45, 2.75) is 25.9 Å². The minimum Gasteiger partial charge on any atom is -0.474 e. The number of likely N-dealkylation sites (tertiary alicyclic amines) is 1. The van der Waals surface area contributed by atoms with Crippen molar-refractivity contribution in [2.75, 3.05) is 20.2 Å². The molecule has 1 aromatic carbocycles. The minimum atomic E-state index is 0.00629. The van der Waals surface area contributed by atoms with Gasteiger partial charge in [0.05, 0.1) is 30.3 Å². The molecular formula is C21H23N5O3. The Morgan fingerprint density at radius 1 is 1.14 bits per heavy atom. The maximum atomic E-state index is 13.0. The number of amides is 1. The van der Waals surface area contributed by atoms with Crippen LogP contribution in [0, 0.1) is 6.92 Å². The van der Waals surface area contributed by atoms with Crippen molar-refractivity contribution >= 4 is 5.91 Å². The normalized spacial score (nSPS) is 14.6. The van der Waals surface area contributed by atoms with Gasteiger partial charge in [0.1, 0.15) is 6.10 Å². The van der Waals surface area contributed by atoms with Crippen molar-refractivity contribution in [3.05, 3.63) is 60.0 Å². The number of carbonyl (C=O) groups is 1. The molecule has 8 heteroatoms. The highest BCUT2D eigenvalue weighted by atomic mass is 16.5. The molecule has 0 atom stereocenters. The Hall–Kier alpha value is -3.42. The minimum absolute atomic E-state index is 0.00629.